The van der Waals surface area contributed by atoms with Crippen molar-refractivity contribution in [1.29, 1.82) is 0 Å². The van der Waals surface area contributed by atoms with Crippen LogP contribution in [0.3, 0.4) is 0 Å². The molecular formula is C13H25NO3S2. The third-order valence-electron chi connectivity index (χ3n) is 4.17. The zero-order valence-corrected chi connectivity index (χ0v) is 13.3. The van der Waals surface area contributed by atoms with Crippen molar-refractivity contribution in [1.82, 2.24) is 4.31 Å². The maximum Gasteiger partial charge on any atom is 0.211 e. The van der Waals surface area contributed by atoms with E-state index >= 15 is 0 Å². The molecular weight excluding hydrogens is 282 g/mol. The van der Waals surface area contributed by atoms with Crippen molar-refractivity contribution in [3.8, 4) is 0 Å². The van der Waals surface area contributed by atoms with Crippen LogP contribution < -0.4 is 0 Å². The average molecular weight is 307 g/mol. The number of nitrogens with zero attached hydrogens (tertiary/aromatic N) is 1. The lowest BCUT2D eigenvalue weighted by Gasteiger charge is -2.34. The maximum absolute atomic E-state index is 11.6. The SMILES string of the molecule is CS(=O)(=O)N1CCCC(CC(O)C2CCCCS2)C1. The van der Waals surface area contributed by atoms with Crippen LogP contribution in [0.15, 0.2) is 0 Å². The topological polar surface area (TPSA) is 57.6 Å². The average Bonchev–Trinajstić information content (AvgIpc) is 2.39. The lowest BCUT2D eigenvalue weighted by molar-refractivity contribution is 0.116. The number of hydrogen-bond acceptors (Lipinski definition) is 4. The van der Waals surface area contributed by atoms with Gasteiger partial charge in [0.1, 0.15) is 0 Å². The van der Waals surface area contributed by atoms with Crippen molar-refractivity contribution in [2.24, 2.45) is 5.92 Å². The molecule has 2 aliphatic heterocycles. The molecule has 3 atom stereocenters. The van der Waals surface area contributed by atoms with Crippen LogP contribution in [0.4, 0.5) is 0 Å². The van der Waals surface area contributed by atoms with Crippen LogP contribution in [0, 0.1) is 5.92 Å². The fourth-order valence-electron chi connectivity index (χ4n) is 3.08. The van der Waals surface area contributed by atoms with Gasteiger partial charge in [-0.3, -0.25) is 0 Å². The highest BCUT2D eigenvalue weighted by Gasteiger charge is 2.30. The fraction of sp³-hybridized carbons (Fsp3) is 1.00. The van der Waals surface area contributed by atoms with Crippen LogP contribution in [-0.2, 0) is 10.0 Å². The molecule has 0 saturated carbocycles. The first-order valence-electron chi connectivity index (χ1n) is 7.21. The highest BCUT2D eigenvalue weighted by Crippen LogP contribution is 2.32. The van der Waals surface area contributed by atoms with E-state index in [9.17, 15) is 13.5 Å². The van der Waals surface area contributed by atoms with Gasteiger partial charge in [0.15, 0.2) is 0 Å². The molecule has 2 aliphatic rings. The standard InChI is InChI=1S/C13H25NO3S2/c1-19(16,17)14-7-4-5-11(10-14)9-12(15)13-6-2-3-8-18-13/h11-13,15H,2-10H2,1H3. The lowest BCUT2D eigenvalue weighted by Crippen LogP contribution is -2.41. The normalized spacial score (nSPS) is 32.1. The van der Waals surface area contributed by atoms with Gasteiger partial charge in [0.05, 0.1) is 12.4 Å². The Balaban J connectivity index is 1.84. The van der Waals surface area contributed by atoms with Crippen LogP contribution in [0.5, 0.6) is 0 Å². The molecule has 1 N–H and O–H groups in total. The summed E-state index contributed by atoms with van der Waals surface area (Å²) in [6.07, 6.45) is 7.31. The molecule has 0 amide bonds. The van der Waals surface area contributed by atoms with Gasteiger partial charge >= 0.3 is 0 Å². The maximum atomic E-state index is 11.6. The molecule has 2 saturated heterocycles. The quantitative estimate of drug-likeness (QED) is 0.859. The molecule has 2 fully saturated rings. The summed E-state index contributed by atoms with van der Waals surface area (Å²) in [5, 5.41) is 10.7. The van der Waals surface area contributed by atoms with Crippen molar-refractivity contribution in [3.63, 3.8) is 0 Å². The molecule has 0 aromatic heterocycles. The van der Waals surface area contributed by atoms with E-state index in [0.29, 0.717) is 24.3 Å². The molecule has 19 heavy (non-hydrogen) atoms. The number of piperidine rings is 1. The van der Waals surface area contributed by atoms with Crippen LogP contribution >= 0.6 is 11.8 Å². The Labute approximate surface area is 121 Å². The third-order valence-corrected chi connectivity index (χ3v) is 6.94. The largest absolute Gasteiger partial charge is 0.392 e. The third kappa shape index (κ3) is 4.62. The smallest absolute Gasteiger partial charge is 0.211 e. The number of aliphatic hydroxyl groups is 1. The van der Waals surface area contributed by atoms with Gasteiger partial charge < -0.3 is 5.11 Å². The number of sulfonamides is 1. The highest BCUT2D eigenvalue weighted by atomic mass is 32.2. The minimum absolute atomic E-state index is 0.269. The van der Waals surface area contributed by atoms with E-state index in [4.69, 9.17) is 0 Å². The van der Waals surface area contributed by atoms with Crippen molar-refractivity contribution in [3.05, 3.63) is 0 Å². The van der Waals surface area contributed by atoms with Crippen molar-refractivity contribution in [2.45, 2.75) is 49.9 Å². The summed E-state index contributed by atoms with van der Waals surface area (Å²) in [5.74, 6) is 1.47. The van der Waals surface area contributed by atoms with Crippen LogP contribution in [0.1, 0.15) is 38.5 Å². The second kappa shape index (κ2) is 6.78. The molecule has 0 bridgehead atoms. The molecule has 0 spiro atoms. The van der Waals surface area contributed by atoms with Crippen LogP contribution in [0.2, 0.25) is 0 Å². The summed E-state index contributed by atoms with van der Waals surface area (Å²) >= 11 is 1.88. The van der Waals surface area contributed by atoms with Gasteiger partial charge in [-0.15, -0.1) is 0 Å². The predicted molar refractivity (Wildman–Crippen MR) is 79.9 cm³/mol. The Hall–Kier alpha value is 0.220. The van der Waals surface area contributed by atoms with Crippen molar-refractivity contribution in [2.75, 3.05) is 25.1 Å². The van der Waals surface area contributed by atoms with Crippen molar-refractivity contribution >= 4 is 21.8 Å². The Morgan fingerprint density at radius 2 is 2.11 bits per heavy atom. The molecule has 2 heterocycles. The van der Waals surface area contributed by atoms with Crippen molar-refractivity contribution < 1.29 is 13.5 Å². The fourth-order valence-corrected chi connectivity index (χ4v) is 5.37. The molecule has 0 aromatic rings. The molecule has 0 aromatic carbocycles. The monoisotopic (exact) mass is 307 g/mol. The van der Waals surface area contributed by atoms with Gasteiger partial charge in [0.25, 0.3) is 0 Å². The number of aliphatic hydroxyl groups excluding tert-OH is 1. The van der Waals surface area contributed by atoms with Gasteiger partial charge in [0, 0.05) is 18.3 Å². The van der Waals surface area contributed by atoms with E-state index < -0.39 is 10.0 Å². The summed E-state index contributed by atoms with van der Waals surface area (Å²) in [6, 6.07) is 0. The van der Waals surface area contributed by atoms with E-state index in [2.05, 4.69) is 0 Å². The first-order chi connectivity index (χ1) is 8.97. The van der Waals surface area contributed by atoms with E-state index in [-0.39, 0.29) is 6.10 Å². The van der Waals surface area contributed by atoms with E-state index in [1.165, 1.54) is 19.1 Å². The Kier molecular flexibility index (Phi) is 5.57. The minimum Gasteiger partial charge on any atom is -0.392 e. The van der Waals surface area contributed by atoms with E-state index in [1.54, 1.807) is 4.31 Å². The molecule has 112 valence electrons. The Morgan fingerprint density at radius 3 is 2.74 bits per heavy atom. The molecule has 4 nitrogen and oxygen atoms in total. The van der Waals surface area contributed by atoms with Gasteiger partial charge in [-0.2, -0.15) is 11.8 Å². The molecule has 0 radical (unpaired) electrons. The zero-order chi connectivity index (χ0) is 13.9. The first-order valence-corrected chi connectivity index (χ1v) is 10.1. The molecule has 2 rings (SSSR count). The Bertz CT molecular complexity index is 379. The molecule has 6 heteroatoms. The van der Waals surface area contributed by atoms with Gasteiger partial charge in [-0.05, 0) is 43.8 Å². The van der Waals surface area contributed by atoms with E-state index in [1.807, 2.05) is 11.8 Å². The summed E-state index contributed by atoms with van der Waals surface area (Å²) in [5.41, 5.74) is 0. The van der Waals surface area contributed by atoms with Gasteiger partial charge in [0.2, 0.25) is 10.0 Å². The summed E-state index contributed by atoms with van der Waals surface area (Å²) in [6.45, 7) is 1.23. The first kappa shape index (κ1) is 15.6. The number of rotatable bonds is 4. The molecule has 0 aliphatic carbocycles. The number of thioether (sulfide) groups is 1. The van der Waals surface area contributed by atoms with E-state index in [0.717, 1.165) is 31.4 Å². The second-order valence-electron chi connectivity index (χ2n) is 5.84. The highest BCUT2D eigenvalue weighted by molar-refractivity contribution is 8.00. The van der Waals surface area contributed by atoms with Crippen LogP contribution in [0.25, 0.3) is 0 Å². The second-order valence-corrected chi connectivity index (χ2v) is 9.17. The van der Waals surface area contributed by atoms with Gasteiger partial charge in [-0.1, -0.05) is 6.42 Å². The van der Waals surface area contributed by atoms with Gasteiger partial charge in [-0.25, -0.2) is 12.7 Å². The Morgan fingerprint density at radius 1 is 1.32 bits per heavy atom. The zero-order valence-electron chi connectivity index (χ0n) is 11.6. The minimum atomic E-state index is -3.07. The van der Waals surface area contributed by atoms with Crippen LogP contribution in [-0.4, -0.2) is 54.3 Å². The lowest BCUT2D eigenvalue weighted by atomic mass is 9.91. The number of hydrogen-bond donors (Lipinski definition) is 1. The summed E-state index contributed by atoms with van der Waals surface area (Å²) in [7, 11) is -3.07. The predicted octanol–water partition coefficient (Wildman–Crippen LogP) is 1.69. The summed E-state index contributed by atoms with van der Waals surface area (Å²) in [4.78, 5) is 0. The summed E-state index contributed by atoms with van der Waals surface area (Å²) < 4.78 is 24.7. The molecule has 3 unspecified atom stereocenters.